The van der Waals surface area contributed by atoms with Gasteiger partial charge in [0.1, 0.15) is 12.4 Å². The molecule has 5 rings (SSSR count). The number of aromatic nitrogens is 2. The molecule has 1 unspecified atom stereocenters. The lowest BCUT2D eigenvalue weighted by atomic mass is 9.91. The highest BCUT2D eigenvalue weighted by Gasteiger charge is 2.28. The number of carbonyl (C=O) groups excluding carboxylic acids is 1. The van der Waals surface area contributed by atoms with E-state index in [0.29, 0.717) is 24.9 Å². The molecule has 2 aliphatic heterocycles. The first kappa shape index (κ1) is 21.2. The van der Waals surface area contributed by atoms with Crippen LogP contribution in [0.25, 0.3) is 0 Å². The lowest BCUT2D eigenvalue weighted by molar-refractivity contribution is 0.0587. The summed E-state index contributed by atoms with van der Waals surface area (Å²) < 4.78 is 5.00. The van der Waals surface area contributed by atoms with E-state index in [9.17, 15) is 4.79 Å². The number of hydrogen-bond acceptors (Lipinski definition) is 7. The summed E-state index contributed by atoms with van der Waals surface area (Å²) in [4.78, 5) is 27.4. The van der Waals surface area contributed by atoms with Gasteiger partial charge in [-0.1, -0.05) is 30.7 Å². The third-order valence-corrected chi connectivity index (χ3v) is 6.91. The van der Waals surface area contributed by atoms with Crippen molar-refractivity contribution in [3.63, 3.8) is 0 Å². The predicted molar refractivity (Wildman–Crippen MR) is 124 cm³/mol. The van der Waals surface area contributed by atoms with Crippen LogP contribution in [0.2, 0.25) is 0 Å². The Kier molecular flexibility index (Phi) is 6.23. The van der Waals surface area contributed by atoms with Crippen molar-refractivity contribution in [2.75, 3.05) is 49.5 Å². The number of ether oxygens (including phenoxy) is 1. The minimum atomic E-state index is -0.359. The molecule has 32 heavy (non-hydrogen) atoms. The molecule has 1 saturated carbocycles. The summed E-state index contributed by atoms with van der Waals surface area (Å²) in [6.07, 6.45) is 5.51. The van der Waals surface area contributed by atoms with E-state index in [4.69, 9.17) is 4.74 Å². The molecule has 1 amide bonds. The summed E-state index contributed by atoms with van der Waals surface area (Å²) in [6, 6.07) is 11.4. The van der Waals surface area contributed by atoms with Crippen molar-refractivity contribution < 1.29 is 9.53 Å². The van der Waals surface area contributed by atoms with Gasteiger partial charge in [-0.3, -0.25) is 14.7 Å². The number of benzene rings is 1. The van der Waals surface area contributed by atoms with Crippen molar-refractivity contribution in [3.8, 4) is 0 Å². The molecule has 3 heterocycles. The number of carbonyl (C=O) groups is 1. The van der Waals surface area contributed by atoms with Gasteiger partial charge >= 0.3 is 6.09 Å². The van der Waals surface area contributed by atoms with Gasteiger partial charge in [0.15, 0.2) is 0 Å². The zero-order valence-electron chi connectivity index (χ0n) is 18.7. The molecule has 1 aromatic carbocycles. The molecule has 2 aromatic rings. The largest absolute Gasteiger partial charge is 0.447 e. The van der Waals surface area contributed by atoms with Gasteiger partial charge in [-0.25, -0.2) is 9.78 Å². The number of rotatable bonds is 7. The van der Waals surface area contributed by atoms with Crippen LogP contribution in [0, 0.1) is 0 Å². The molecule has 1 atom stereocenters. The molecule has 8 nitrogen and oxygen atoms in total. The number of cyclic esters (lactones) is 1. The molecule has 1 N–H and O–H groups in total. The maximum absolute atomic E-state index is 11.8. The molecular weight excluding hydrogens is 404 g/mol. The molecule has 1 aliphatic carbocycles. The molecule has 0 radical (unpaired) electrons. The molecule has 0 spiro atoms. The van der Waals surface area contributed by atoms with Crippen LogP contribution >= 0.6 is 0 Å². The van der Waals surface area contributed by atoms with Gasteiger partial charge in [-0.2, -0.15) is 4.98 Å². The minimum Gasteiger partial charge on any atom is -0.447 e. The van der Waals surface area contributed by atoms with Gasteiger partial charge in [-0.15, -0.1) is 0 Å². The smallest absolute Gasteiger partial charge is 0.415 e. The molecular formula is C24H32N6O2. The van der Waals surface area contributed by atoms with E-state index in [-0.39, 0.29) is 12.1 Å². The lowest BCUT2D eigenvalue weighted by Crippen LogP contribution is -2.51. The van der Waals surface area contributed by atoms with Crippen molar-refractivity contribution in [2.45, 2.75) is 44.8 Å². The van der Waals surface area contributed by atoms with E-state index >= 15 is 0 Å². The molecule has 170 valence electrons. The number of hydrogen-bond donors (Lipinski definition) is 1. The Morgan fingerprint density at radius 3 is 2.53 bits per heavy atom. The highest BCUT2D eigenvalue weighted by molar-refractivity contribution is 5.88. The Labute approximate surface area is 189 Å². The highest BCUT2D eigenvalue weighted by atomic mass is 16.6. The van der Waals surface area contributed by atoms with Crippen LogP contribution in [0.4, 0.5) is 16.6 Å². The van der Waals surface area contributed by atoms with Crippen molar-refractivity contribution in [1.82, 2.24) is 19.8 Å². The summed E-state index contributed by atoms with van der Waals surface area (Å²) in [7, 11) is 0. The van der Waals surface area contributed by atoms with Gasteiger partial charge in [0.05, 0.1) is 12.6 Å². The fourth-order valence-corrected chi connectivity index (χ4v) is 4.66. The standard InChI is InChI=1S/C24H32N6O2/c1-18(26-23-25-10-9-22(27-23)30-15-16-32-24(30)31)20-7-5-19(6-8-20)17-28-11-13-29(14-12-28)21-3-2-4-21/h5-10,18,21H,2-4,11-17H2,1H3,(H,25,26,27). The van der Waals surface area contributed by atoms with E-state index in [2.05, 4.69) is 56.3 Å². The number of nitrogens with one attached hydrogen (secondary N) is 1. The third kappa shape index (κ3) is 4.71. The fourth-order valence-electron chi connectivity index (χ4n) is 4.66. The minimum absolute atomic E-state index is 0.0517. The molecule has 1 aromatic heterocycles. The van der Waals surface area contributed by atoms with Gasteiger partial charge in [0.2, 0.25) is 5.95 Å². The van der Waals surface area contributed by atoms with E-state index in [1.54, 1.807) is 12.3 Å². The van der Waals surface area contributed by atoms with Crippen molar-refractivity contribution in [3.05, 3.63) is 47.7 Å². The monoisotopic (exact) mass is 436 g/mol. The first-order valence-electron chi connectivity index (χ1n) is 11.7. The van der Waals surface area contributed by atoms with Crippen LogP contribution in [0.1, 0.15) is 43.4 Å². The zero-order chi connectivity index (χ0) is 21.9. The number of amides is 1. The summed E-state index contributed by atoms with van der Waals surface area (Å²) >= 11 is 0. The molecule has 0 bridgehead atoms. The normalized spacial score (nSPS) is 21.3. The van der Waals surface area contributed by atoms with Crippen LogP contribution in [0.5, 0.6) is 0 Å². The third-order valence-electron chi connectivity index (χ3n) is 6.91. The van der Waals surface area contributed by atoms with Gasteiger partial charge in [-0.05, 0) is 37.0 Å². The maximum Gasteiger partial charge on any atom is 0.415 e. The lowest BCUT2D eigenvalue weighted by Gasteiger charge is -2.43. The second-order valence-electron chi connectivity index (χ2n) is 9.01. The number of anilines is 2. The van der Waals surface area contributed by atoms with Crippen molar-refractivity contribution in [2.24, 2.45) is 0 Å². The fraction of sp³-hybridized carbons (Fsp3) is 0.542. The summed E-state index contributed by atoms with van der Waals surface area (Å²) in [5.41, 5.74) is 2.53. The second-order valence-corrected chi connectivity index (χ2v) is 9.01. The van der Waals surface area contributed by atoms with Gasteiger partial charge < -0.3 is 10.1 Å². The number of nitrogens with zero attached hydrogens (tertiary/aromatic N) is 5. The quantitative estimate of drug-likeness (QED) is 0.714. The van der Waals surface area contributed by atoms with E-state index in [0.717, 1.165) is 25.7 Å². The van der Waals surface area contributed by atoms with Crippen LogP contribution in [-0.4, -0.2) is 71.2 Å². The van der Waals surface area contributed by atoms with E-state index < -0.39 is 0 Å². The molecule has 8 heteroatoms. The molecule has 3 aliphatic rings. The SMILES string of the molecule is CC(Nc1nccc(N2CCOC2=O)n1)c1ccc(CN2CCN(C3CCC3)CC2)cc1. The molecule has 3 fully saturated rings. The first-order chi connectivity index (χ1) is 15.7. The Morgan fingerprint density at radius 2 is 1.88 bits per heavy atom. The highest BCUT2D eigenvalue weighted by Crippen LogP contribution is 2.26. The maximum atomic E-state index is 11.8. The Balaban J connectivity index is 1.14. The topological polar surface area (TPSA) is 73.8 Å². The summed E-state index contributed by atoms with van der Waals surface area (Å²) in [5, 5.41) is 3.35. The average Bonchev–Trinajstić information content (AvgIpc) is 3.20. The van der Waals surface area contributed by atoms with Gasteiger partial charge in [0.25, 0.3) is 0 Å². The van der Waals surface area contributed by atoms with E-state index in [1.807, 2.05) is 0 Å². The summed E-state index contributed by atoms with van der Waals surface area (Å²) in [5.74, 6) is 1.06. The molecule has 2 saturated heterocycles. The van der Waals surface area contributed by atoms with Crippen LogP contribution < -0.4 is 10.2 Å². The zero-order valence-corrected chi connectivity index (χ0v) is 18.7. The van der Waals surface area contributed by atoms with Crippen LogP contribution in [-0.2, 0) is 11.3 Å². The van der Waals surface area contributed by atoms with Gasteiger partial charge in [0, 0.05) is 45.0 Å². The van der Waals surface area contributed by atoms with Crippen LogP contribution in [0.3, 0.4) is 0 Å². The van der Waals surface area contributed by atoms with E-state index in [1.165, 1.54) is 48.4 Å². The van der Waals surface area contributed by atoms with Crippen LogP contribution in [0.15, 0.2) is 36.5 Å². The van der Waals surface area contributed by atoms with Crippen molar-refractivity contribution >= 4 is 17.9 Å². The second kappa shape index (κ2) is 9.42. The Morgan fingerprint density at radius 1 is 1.09 bits per heavy atom. The Hall–Kier alpha value is -2.71. The summed E-state index contributed by atoms with van der Waals surface area (Å²) in [6.45, 7) is 8.75. The van der Waals surface area contributed by atoms with Crippen molar-refractivity contribution in [1.29, 1.82) is 0 Å². The average molecular weight is 437 g/mol. The Bertz CT molecular complexity index is 924. The number of piperazine rings is 1. The first-order valence-corrected chi connectivity index (χ1v) is 11.7. The predicted octanol–water partition coefficient (Wildman–Crippen LogP) is 3.28.